The molecular weight excluding hydrogens is 292 g/mol. The molecule has 1 aliphatic rings. The summed E-state index contributed by atoms with van der Waals surface area (Å²) < 4.78 is 22.7. The van der Waals surface area contributed by atoms with Gasteiger partial charge in [0, 0.05) is 25.0 Å². The Morgan fingerprint density at radius 1 is 1.14 bits per heavy atom. The van der Waals surface area contributed by atoms with Crippen LogP contribution in [0.5, 0.6) is 0 Å². The number of carbonyl (C=O) groups is 2. The van der Waals surface area contributed by atoms with Crippen molar-refractivity contribution >= 4 is 27.3 Å². The summed E-state index contributed by atoms with van der Waals surface area (Å²) in [5, 5.41) is 3.07. The van der Waals surface area contributed by atoms with E-state index < -0.39 is 9.84 Å². The number of benzene rings is 1. The fourth-order valence-corrected chi connectivity index (χ4v) is 3.01. The zero-order valence-corrected chi connectivity index (χ0v) is 12.9. The number of sulfone groups is 1. The summed E-state index contributed by atoms with van der Waals surface area (Å²) in [5.41, 5.74) is 1.49. The lowest BCUT2D eigenvalue weighted by atomic mass is 10.1. The van der Waals surface area contributed by atoms with E-state index in [0.29, 0.717) is 29.8 Å². The van der Waals surface area contributed by atoms with Crippen molar-refractivity contribution in [2.24, 2.45) is 0 Å². The first kappa shape index (κ1) is 15.5. The minimum atomic E-state index is -2.95. The standard InChI is InChI=1S/C14H18N2O4S/c1-3-21(19,20)8-4-7-15-10-5-6-11-12(9-10)14(18)16(2)13(11)17/h5-6,9,15H,3-4,7-8H2,1-2H3. The summed E-state index contributed by atoms with van der Waals surface area (Å²) in [6.45, 7) is 2.12. The molecule has 2 amide bonds. The summed E-state index contributed by atoms with van der Waals surface area (Å²) in [6.07, 6.45) is 0.500. The maximum absolute atomic E-state index is 11.9. The second-order valence-electron chi connectivity index (χ2n) is 4.95. The lowest BCUT2D eigenvalue weighted by molar-refractivity contribution is 0.0693. The molecular formula is C14H18N2O4S. The zero-order chi connectivity index (χ0) is 15.6. The van der Waals surface area contributed by atoms with Gasteiger partial charge in [0.15, 0.2) is 0 Å². The summed E-state index contributed by atoms with van der Waals surface area (Å²) in [4.78, 5) is 24.7. The van der Waals surface area contributed by atoms with Gasteiger partial charge in [-0.3, -0.25) is 14.5 Å². The predicted molar refractivity (Wildman–Crippen MR) is 80.3 cm³/mol. The molecule has 0 bridgehead atoms. The highest BCUT2D eigenvalue weighted by Crippen LogP contribution is 2.24. The molecule has 114 valence electrons. The van der Waals surface area contributed by atoms with Crippen molar-refractivity contribution in [2.75, 3.05) is 30.4 Å². The number of rotatable bonds is 6. The second kappa shape index (κ2) is 5.85. The molecule has 1 N–H and O–H groups in total. The van der Waals surface area contributed by atoms with Gasteiger partial charge in [-0.2, -0.15) is 0 Å². The fraction of sp³-hybridized carbons (Fsp3) is 0.429. The van der Waals surface area contributed by atoms with Gasteiger partial charge < -0.3 is 5.32 Å². The van der Waals surface area contributed by atoms with E-state index in [1.807, 2.05) is 0 Å². The molecule has 1 aromatic carbocycles. The molecule has 0 atom stereocenters. The molecule has 21 heavy (non-hydrogen) atoms. The minimum Gasteiger partial charge on any atom is -0.385 e. The number of nitrogens with one attached hydrogen (secondary N) is 1. The largest absolute Gasteiger partial charge is 0.385 e. The summed E-state index contributed by atoms with van der Waals surface area (Å²) in [5.74, 6) is -0.320. The SMILES string of the molecule is CCS(=O)(=O)CCCNc1ccc2c(c1)C(=O)N(C)C2=O. The third-order valence-corrected chi connectivity index (χ3v) is 5.28. The lowest BCUT2D eigenvalue weighted by Crippen LogP contribution is -2.24. The summed E-state index contributed by atoms with van der Waals surface area (Å²) in [7, 11) is -1.50. The van der Waals surface area contributed by atoms with E-state index in [1.54, 1.807) is 25.1 Å². The van der Waals surface area contributed by atoms with E-state index in [4.69, 9.17) is 0 Å². The fourth-order valence-electron chi connectivity index (χ4n) is 2.14. The van der Waals surface area contributed by atoms with Crippen LogP contribution in [0.15, 0.2) is 18.2 Å². The molecule has 1 aromatic rings. The topological polar surface area (TPSA) is 83.6 Å². The third-order valence-electron chi connectivity index (χ3n) is 3.49. The normalized spacial score (nSPS) is 14.5. The maximum atomic E-state index is 11.9. The molecule has 1 heterocycles. The highest BCUT2D eigenvalue weighted by molar-refractivity contribution is 7.91. The maximum Gasteiger partial charge on any atom is 0.261 e. The molecule has 0 saturated carbocycles. The Morgan fingerprint density at radius 2 is 1.81 bits per heavy atom. The van der Waals surface area contributed by atoms with Crippen LogP contribution >= 0.6 is 0 Å². The lowest BCUT2D eigenvalue weighted by Gasteiger charge is -2.07. The van der Waals surface area contributed by atoms with Crippen molar-refractivity contribution in [3.05, 3.63) is 29.3 Å². The number of amides is 2. The van der Waals surface area contributed by atoms with Gasteiger partial charge >= 0.3 is 0 Å². The molecule has 6 nitrogen and oxygen atoms in total. The van der Waals surface area contributed by atoms with Crippen LogP contribution in [0, 0.1) is 0 Å². The number of hydrogen-bond acceptors (Lipinski definition) is 5. The molecule has 0 spiro atoms. The first-order valence-electron chi connectivity index (χ1n) is 6.76. The van der Waals surface area contributed by atoms with Crippen LogP contribution < -0.4 is 5.32 Å². The summed E-state index contributed by atoms with van der Waals surface area (Å²) >= 11 is 0. The zero-order valence-electron chi connectivity index (χ0n) is 12.0. The van der Waals surface area contributed by atoms with Gasteiger partial charge in [-0.05, 0) is 24.6 Å². The number of anilines is 1. The van der Waals surface area contributed by atoms with Crippen molar-refractivity contribution in [2.45, 2.75) is 13.3 Å². The van der Waals surface area contributed by atoms with Gasteiger partial charge in [-0.25, -0.2) is 8.42 Å². The van der Waals surface area contributed by atoms with Gasteiger partial charge in [-0.15, -0.1) is 0 Å². The highest BCUT2D eigenvalue weighted by Gasteiger charge is 2.32. The van der Waals surface area contributed by atoms with E-state index in [2.05, 4.69) is 5.32 Å². The predicted octanol–water partition coefficient (Wildman–Crippen LogP) is 1.15. The Bertz CT molecular complexity index is 682. The Balaban J connectivity index is 1.98. The number of fused-ring (bicyclic) bond motifs is 1. The average Bonchev–Trinajstić information content (AvgIpc) is 2.68. The van der Waals surface area contributed by atoms with E-state index in [-0.39, 0.29) is 23.3 Å². The first-order chi connectivity index (χ1) is 9.85. The quantitative estimate of drug-likeness (QED) is 0.629. The highest BCUT2D eigenvalue weighted by atomic mass is 32.2. The molecule has 0 aliphatic carbocycles. The monoisotopic (exact) mass is 310 g/mol. The van der Waals surface area contributed by atoms with Crippen molar-refractivity contribution < 1.29 is 18.0 Å². The van der Waals surface area contributed by atoms with E-state index in [1.165, 1.54) is 7.05 Å². The molecule has 0 aromatic heterocycles. The first-order valence-corrected chi connectivity index (χ1v) is 8.58. The van der Waals surface area contributed by atoms with E-state index >= 15 is 0 Å². The Labute approximate surface area is 124 Å². The van der Waals surface area contributed by atoms with Gasteiger partial charge in [-0.1, -0.05) is 6.92 Å². The minimum absolute atomic E-state index is 0.140. The van der Waals surface area contributed by atoms with Crippen LogP contribution in [0.2, 0.25) is 0 Å². The van der Waals surface area contributed by atoms with Gasteiger partial charge in [0.05, 0.1) is 16.9 Å². The average molecular weight is 310 g/mol. The molecule has 0 fully saturated rings. The van der Waals surface area contributed by atoms with Crippen LogP contribution in [-0.4, -0.2) is 50.2 Å². The van der Waals surface area contributed by atoms with Crippen LogP contribution in [0.1, 0.15) is 34.1 Å². The smallest absolute Gasteiger partial charge is 0.261 e. The van der Waals surface area contributed by atoms with E-state index in [9.17, 15) is 18.0 Å². The molecule has 0 radical (unpaired) electrons. The Kier molecular flexibility index (Phi) is 4.32. The molecule has 0 unspecified atom stereocenters. The molecule has 2 rings (SSSR count). The molecule has 1 aliphatic heterocycles. The number of nitrogens with zero attached hydrogens (tertiary/aromatic N) is 1. The Morgan fingerprint density at radius 3 is 2.48 bits per heavy atom. The number of imide groups is 1. The van der Waals surface area contributed by atoms with Crippen LogP contribution in [0.3, 0.4) is 0 Å². The second-order valence-corrected chi connectivity index (χ2v) is 7.42. The molecule has 7 heteroatoms. The summed E-state index contributed by atoms with van der Waals surface area (Å²) in [6, 6.07) is 4.97. The molecule has 0 saturated heterocycles. The van der Waals surface area contributed by atoms with Crippen molar-refractivity contribution in [1.29, 1.82) is 0 Å². The van der Waals surface area contributed by atoms with Crippen LogP contribution in [0.4, 0.5) is 5.69 Å². The van der Waals surface area contributed by atoms with Crippen molar-refractivity contribution in [1.82, 2.24) is 4.90 Å². The van der Waals surface area contributed by atoms with Gasteiger partial charge in [0.2, 0.25) is 0 Å². The van der Waals surface area contributed by atoms with Gasteiger partial charge in [0.1, 0.15) is 9.84 Å². The van der Waals surface area contributed by atoms with Gasteiger partial charge in [0.25, 0.3) is 11.8 Å². The Hall–Kier alpha value is -1.89. The third kappa shape index (κ3) is 3.24. The van der Waals surface area contributed by atoms with Crippen LogP contribution in [0.25, 0.3) is 0 Å². The number of hydrogen-bond donors (Lipinski definition) is 1. The van der Waals surface area contributed by atoms with Crippen molar-refractivity contribution in [3.8, 4) is 0 Å². The van der Waals surface area contributed by atoms with Crippen LogP contribution in [-0.2, 0) is 9.84 Å². The number of carbonyl (C=O) groups excluding carboxylic acids is 2. The van der Waals surface area contributed by atoms with Crippen molar-refractivity contribution in [3.63, 3.8) is 0 Å². The van der Waals surface area contributed by atoms with E-state index in [0.717, 1.165) is 4.90 Å².